The van der Waals surface area contributed by atoms with Crippen molar-refractivity contribution >= 4 is 23.2 Å². The molecule has 0 atom stereocenters. The zero-order chi connectivity index (χ0) is 41.6. The number of phenolic OH excluding ortho intramolecular Hbond substituents is 2. The van der Waals surface area contributed by atoms with Gasteiger partial charge in [-0.05, 0) is 82.7 Å². The number of rotatable bonds is 13. The number of phenols is 2. The van der Waals surface area contributed by atoms with E-state index in [9.17, 15) is 19.8 Å². The van der Waals surface area contributed by atoms with Crippen LogP contribution in [0, 0.1) is 0 Å². The standard InChI is InChI=1S/C50H68N2O4/c1-47(2,3)39-31-37(32-40(45(39)55)48(4,5)6)51(43(53)27-25-35-21-15-13-16-22-35)29-19-20-30-52(44(54)28-26-36-23-17-14-18-24-36)38-33-41(49(7,8)9)46(56)42(34-38)50(10,11)12/h13-18,21-24,31-34,55-56H,19-20,25-30H2,1-12H3. The van der Waals surface area contributed by atoms with Crippen LogP contribution in [0.3, 0.4) is 0 Å². The summed E-state index contributed by atoms with van der Waals surface area (Å²) in [7, 11) is 0. The Morgan fingerprint density at radius 2 is 0.732 bits per heavy atom. The van der Waals surface area contributed by atoms with Crippen molar-refractivity contribution in [3.63, 3.8) is 0 Å². The van der Waals surface area contributed by atoms with Gasteiger partial charge >= 0.3 is 0 Å². The molecule has 6 heteroatoms. The van der Waals surface area contributed by atoms with Crippen LogP contribution < -0.4 is 9.80 Å². The van der Waals surface area contributed by atoms with Crippen molar-refractivity contribution < 1.29 is 19.8 Å². The quantitative estimate of drug-likeness (QED) is 0.133. The third kappa shape index (κ3) is 11.5. The normalized spacial score (nSPS) is 12.4. The molecule has 0 spiro atoms. The lowest BCUT2D eigenvalue weighted by molar-refractivity contribution is -0.119. The van der Waals surface area contributed by atoms with E-state index in [1.54, 1.807) is 0 Å². The van der Waals surface area contributed by atoms with Gasteiger partial charge in [0.2, 0.25) is 11.8 Å². The second-order valence-corrected chi connectivity index (χ2v) is 19.5. The first kappa shape index (κ1) is 44.1. The van der Waals surface area contributed by atoms with E-state index in [0.29, 0.717) is 51.6 Å². The third-order valence-electron chi connectivity index (χ3n) is 10.6. The highest BCUT2D eigenvalue weighted by molar-refractivity contribution is 5.95. The molecule has 0 saturated carbocycles. The summed E-state index contributed by atoms with van der Waals surface area (Å²) in [5.41, 5.74) is 5.66. The van der Waals surface area contributed by atoms with E-state index < -0.39 is 0 Å². The van der Waals surface area contributed by atoms with Crippen LogP contribution in [0.15, 0.2) is 84.9 Å². The number of amides is 2. The Morgan fingerprint density at radius 1 is 0.464 bits per heavy atom. The fraction of sp³-hybridized carbons (Fsp3) is 0.480. The van der Waals surface area contributed by atoms with E-state index in [1.807, 2.05) is 70.5 Å². The Labute approximate surface area is 338 Å². The Hall–Kier alpha value is -4.58. The summed E-state index contributed by atoms with van der Waals surface area (Å²) in [6.07, 6.45) is 3.28. The SMILES string of the molecule is CC(C)(C)c1cc(N(CCCCN(C(=O)CCc2ccccc2)c2cc(C(C)(C)C)c(O)c(C(C)(C)C)c2)C(=O)CCc2ccccc2)cc(C(C)(C)C)c1O. The topological polar surface area (TPSA) is 81.1 Å². The van der Waals surface area contributed by atoms with Gasteiger partial charge in [0.05, 0.1) is 0 Å². The molecule has 0 saturated heterocycles. The van der Waals surface area contributed by atoms with Crippen molar-refractivity contribution in [1.82, 2.24) is 0 Å². The van der Waals surface area contributed by atoms with Crippen molar-refractivity contribution in [2.45, 2.75) is 143 Å². The summed E-state index contributed by atoms with van der Waals surface area (Å²) >= 11 is 0. The Bertz CT molecular complexity index is 1720. The number of carbonyl (C=O) groups is 2. The number of aryl methyl sites for hydroxylation is 2. The minimum Gasteiger partial charge on any atom is -0.507 e. The Balaban J connectivity index is 1.70. The molecule has 0 fully saturated rings. The van der Waals surface area contributed by atoms with Crippen LogP contribution in [0.1, 0.15) is 142 Å². The molecule has 4 aromatic carbocycles. The summed E-state index contributed by atoms with van der Waals surface area (Å²) in [6.45, 7) is 26.0. The summed E-state index contributed by atoms with van der Waals surface area (Å²) in [6, 6.07) is 28.1. The van der Waals surface area contributed by atoms with Gasteiger partial charge in [-0.2, -0.15) is 0 Å². The zero-order valence-corrected chi connectivity index (χ0v) is 36.3. The fourth-order valence-electron chi connectivity index (χ4n) is 7.23. The van der Waals surface area contributed by atoms with E-state index in [0.717, 1.165) is 44.8 Å². The smallest absolute Gasteiger partial charge is 0.227 e. The average molecular weight is 761 g/mol. The van der Waals surface area contributed by atoms with Crippen LogP contribution in [0.5, 0.6) is 11.5 Å². The highest BCUT2D eigenvalue weighted by atomic mass is 16.3. The number of carbonyl (C=O) groups excluding carboxylic acids is 2. The lowest BCUT2D eigenvalue weighted by atomic mass is 9.79. The van der Waals surface area contributed by atoms with E-state index >= 15 is 0 Å². The van der Waals surface area contributed by atoms with Crippen LogP contribution in [0.4, 0.5) is 11.4 Å². The highest BCUT2D eigenvalue weighted by Crippen LogP contribution is 2.43. The molecule has 6 nitrogen and oxygen atoms in total. The molecule has 0 aliphatic rings. The Morgan fingerprint density at radius 3 is 0.982 bits per heavy atom. The van der Waals surface area contributed by atoms with Crippen molar-refractivity contribution in [2.24, 2.45) is 0 Å². The second-order valence-electron chi connectivity index (χ2n) is 19.5. The van der Waals surface area contributed by atoms with Gasteiger partial charge in [0, 0.05) is 59.6 Å². The minimum atomic E-state index is -0.346. The fourth-order valence-corrected chi connectivity index (χ4v) is 7.23. The molecule has 0 aliphatic heterocycles. The van der Waals surface area contributed by atoms with Gasteiger partial charge in [0.25, 0.3) is 0 Å². The lowest BCUT2D eigenvalue weighted by Gasteiger charge is -2.32. The first-order valence-electron chi connectivity index (χ1n) is 20.4. The summed E-state index contributed by atoms with van der Waals surface area (Å²) in [4.78, 5) is 32.3. The first-order valence-corrected chi connectivity index (χ1v) is 20.4. The number of nitrogens with zero attached hydrogens (tertiary/aromatic N) is 2. The number of unbranched alkanes of at least 4 members (excludes halogenated alkanes) is 1. The molecule has 56 heavy (non-hydrogen) atoms. The molecular formula is C50H68N2O4. The summed E-state index contributed by atoms with van der Waals surface area (Å²) in [5.74, 6) is 0.623. The minimum absolute atomic E-state index is 0.0261. The largest absolute Gasteiger partial charge is 0.507 e. The highest BCUT2D eigenvalue weighted by Gasteiger charge is 2.31. The van der Waals surface area contributed by atoms with Crippen molar-refractivity contribution in [3.05, 3.63) is 118 Å². The van der Waals surface area contributed by atoms with Crippen molar-refractivity contribution in [3.8, 4) is 11.5 Å². The van der Waals surface area contributed by atoms with Gasteiger partial charge in [0.1, 0.15) is 11.5 Å². The molecule has 0 aliphatic carbocycles. The van der Waals surface area contributed by atoms with Crippen LogP contribution >= 0.6 is 0 Å². The molecular weight excluding hydrogens is 693 g/mol. The van der Waals surface area contributed by atoms with Crippen molar-refractivity contribution in [2.75, 3.05) is 22.9 Å². The number of aromatic hydroxyl groups is 2. The molecule has 302 valence electrons. The van der Waals surface area contributed by atoms with Crippen molar-refractivity contribution in [1.29, 1.82) is 0 Å². The predicted molar refractivity (Wildman–Crippen MR) is 234 cm³/mol. The first-order chi connectivity index (χ1) is 26.0. The van der Waals surface area contributed by atoms with Gasteiger partial charge in [-0.15, -0.1) is 0 Å². The maximum Gasteiger partial charge on any atom is 0.227 e. The van der Waals surface area contributed by atoms with E-state index in [4.69, 9.17) is 0 Å². The van der Waals surface area contributed by atoms with E-state index in [-0.39, 0.29) is 45.0 Å². The van der Waals surface area contributed by atoms with Crippen LogP contribution in [-0.2, 0) is 44.1 Å². The molecule has 2 amide bonds. The van der Waals surface area contributed by atoms with Gasteiger partial charge in [-0.3, -0.25) is 9.59 Å². The molecule has 0 radical (unpaired) electrons. The van der Waals surface area contributed by atoms with Gasteiger partial charge < -0.3 is 20.0 Å². The summed E-state index contributed by atoms with van der Waals surface area (Å²) in [5, 5.41) is 23.0. The molecule has 2 N–H and O–H groups in total. The molecule has 0 heterocycles. The third-order valence-corrected chi connectivity index (χ3v) is 10.6. The molecule has 0 bridgehead atoms. The van der Waals surface area contributed by atoms with Crippen LogP contribution in [0.25, 0.3) is 0 Å². The Kier molecular flexibility index (Phi) is 13.9. The maximum atomic E-state index is 14.3. The monoisotopic (exact) mass is 761 g/mol. The van der Waals surface area contributed by atoms with Gasteiger partial charge in [-0.1, -0.05) is 144 Å². The maximum absolute atomic E-state index is 14.3. The predicted octanol–water partition coefficient (Wildman–Crippen LogP) is 11.7. The second kappa shape index (κ2) is 17.7. The average Bonchev–Trinajstić information content (AvgIpc) is 3.10. The number of hydrogen-bond donors (Lipinski definition) is 2. The van der Waals surface area contributed by atoms with Gasteiger partial charge in [-0.25, -0.2) is 0 Å². The summed E-state index contributed by atoms with van der Waals surface area (Å²) < 4.78 is 0. The molecule has 0 unspecified atom stereocenters. The number of anilines is 2. The van der Waals surface area contributed by atoms with Gasteiger partial charge in [0.15, 0.2) is 0 Å². The molecule has 4 aromatic rings. The van der Waals surface area contributed by atoms with E-state index in [2.05, 4.69) is 107 Å². The molecule has 4 rings (SSSR count). The lowest BCUT2D eigenvalue weighted by Crippen LogP contribution is -2.35. The van der Waals surface area contributed by atoms with Crippen LogP contribution in [0.2, 0.25) is 0 Å². The van der Waals surface area contributed by atoms with E-state index in [1.165, 1.54) is 0 Å². The number of hydrogen-bond acceptors (Lipinski definition) is 4. The molecule has 0 aromatic heterocycles. The number of benzene rings is 4. The zero-order valence-electron chi connectivity index (χ0n) is 36.3. The van der Waals surface area contributed by atoms with Crippen LogP contribution in [-0.4, -0.2) is 35.1 Å².